The molecule has 0 N–H and O–H groups in total. The first-order valence-corrected chi connectivity index (χ1v) is 11.2. The number of alkyl halides is 2. The maximum Gasteiger partial charge on any atom is 0.160 e. The lowest BCUT2D eigenvalue weighted by Crippen LogP contribution is -2.53. The van der Waals surface area contributed by atoms with Crippen LogP contribution in [0.4, 0.5) is 8.78 Å². The summed E-state index contributed by atoms with van der Waals surface area (Å²) in [5, 5.41) is 0. The van der Waals surface area contributed by atoms with Crippen molar-refractivity contribution in [3.8, 4) is 0 Å². The zero-order valence-electron chi connectivity index (χ0n) is 16.1. The standard InChI is InChI=1S/C22H36F2O2/c23-20-19(13-18-7-4-12-25-22(18)21(20)24)26-14-15-8-10-17(11-9-15)16-5-2-1-3-6-16/h15-22H,1-14H2. The minimum atomic E-state index is -1.52. The topological polar surface area (TPSA) is 18.5 Å². The van der Waals surface area contributed by atoms with Crippen molar-refractivity contribution >= 4 is 0 Å². The second-order valence-corrected chi connectivity index (χ2v) is 9.41. The zero-order chi connectivity index (χ0) is 17.9. The summed E-state index contributed by atoms with van der Waals surface area (Å²) in [4.78, 5) is 0. The van der Waals surface area contributed by atoms with Crippen molar-refractivity contribution in [2.45, 2.75) is 102 Å². The molecule has 4 fully saturated rings. The molecule has 0 amide bonds. The highest BCUT2D eigenvalue weighted by Gasteiger charge is 2.48. The predicted molar refractivity (Wildman–Crippen MR) is 98.6 cm³/mol. The van der Waals surface area contributed by atoms with E-state index in [1.54, 1.807) is 0 Å². The van der Waals surface area contributed by atoms with Crippen molar-refractivity contribution in [3.05, 3.63) is 0 Å². The van der Waals surface area contributed by atoms with Crippen LogP contribution >= 0.6 is 0 Å². The number of halogens is 2. The Morgan fingerprint density at radius 1 is 0.731 bits per heavy atom. The third-order valence-electron chi connectivity index (χ3n) is 7.76. The molecule has 1 aliphatic heterocycles. The molecular weight excluding hydrogens is 334 g/mol. The lowest BCUT2D eigenvalue weighted by Gasteiger charge is -2.43. The van der Waals surface area contributed by atoms with E-state index in [9.17, 15) is 8.78 Å². The van der Waals surface area contributed by atoms with E-state index in [0.29, 0.717) is 25.6 Å². The molecule has 0 aromatic carbocycles. The van der Waals surface area contributed by atoms with Crippen molar-refractivity contribution in [1.82, 2.24) is 0 Å². The van der Waals surface area contributed by atoms with Gasteiger partial charge in [-0.2, -0.15) is 0 Å². The molecule has 3 aliphatic carbocycles. The van der Waals surface area contributed by atoms with Gasteiger partial charge in [-0.15, -0.1) is 0 Å². The van der Waals surface area contributed by atoms with Gasteiger partial charge in [0.05, 0.1) is 12.2 Å². The summed E-state index contributed by atoms with van der Waals surface area (Å²) in [5.74, 6) is 2.54. The average Bonchev–Trinajstić information content (AvgIpc) is 2.71. The van der Waals surface area contributed by atoms with Gasteiger partial charge in [-0.3, -0.25) is 0 Å². The van der Waals surface area contributed by atoms with Crippen molar-refractivity contribution in [1.29, 1.82) is 0 Å². The summed E-state index contributed by atoms with van der Waals surface area (Å²) in [5.41, 5.74) is 0. The molecule has 5 unspecified atom stereocenters. The molecule has 0 bridgehead atoms. The fourth-order valence-corrected chi connectivity index (χ4v) is 6.14. The number of hydrogen-bond acceptors (Lipinski definition) is 2. The maximum atomic E-state index is 14.5. The lowest BCUT2D eigenvalue weighted by atomic mass is 9.71. The Morgan fingerprint density at radius 2 is 1.42 bits per heavy atom. The molecule has 1 saturated heterocycles. The molecule has 5 atom stereocenters. The SMILES string of the molecule is FC1C(OCC2CCC(C3CCCCC3)CC2)CC2CCCOC2C1F. The number of ether oxygens (including phenoxy) is 2. The van der Waals surface area contributed by atoms with Gasteiger partial charge in [0.1, 0.15) is 0 Å². The first-order chi connectivity index (χ1) is 12.7. The van der Waals surface area contributed by atoms with Crippen molar-refractivity contribution in [2.75, 3.05) is 13.2 Å². The molecule has 0 spiro atoms. The van der Waals surface area contributed by atoms with Gasteiger partial charge in [0.25, 0.3) is 0 Å². The van der Waals surface area contributed by atoms with Gasteiger partial charge in [0, 0.05) is 13.2 Å². The average molecular weight is 371 g/mol. The molecule has 4 aliphatic rings. The van der Waals surface area contributed by atoms with Gasteiger partial charge >= 0.3 is 0 Å². The first kappa shape index (κ1) is 19.1. The quantitative estimate of drug-likeness (QED) is 0.638. The highest BCUT2D eigenvalue weighted by Crippen LogP contribution is 2.41. The van der Waals surface area contributed by atoms with Crippen LogP contribution in [0.15, 0.2) is 0 Å². The maximum absolute atomic E-state index is 14.5. The van der Waals surface area contributed by atoms with Crippen LogP contribution in [-0.2, 0) is 9.47 Å². The normalized spacial score (nSPS) is 45.2. The van der Waals surface area contributed by atoms with Crippen LogP contribution in [0, 0.1) is 23.7 Å². The Morgan fingerprint density at radius 3 is 2.19 bits per heavy atom. The predicted octanol–water partition coefficient (Wildman–Crippen LogP) is 5.63. The first-order valence-electron chi connectivity index (χ1n) is 11.2. The van der Waals surface area contributed by atoms with E-state index in [-0.39, 0.29) is 5.92 Å². The highest BCUT2D eigenvalue weighted by atomic mass is 19.2. The largest absolute Gasteiger partial charge is 0.375 e. The van der Waals surface area contributed by atoms with Crippen LogP contribution in [0.5, 0.6) is 0 Å². The molecule has 3 saturated carbocycles. The van der Waals surface area contributed by atoms with Gasteiger partial charge in [0.15, 0.2) is 12.3 Å². The second kappa shape index (κ2) is 8.86. The van der Waals surface area contributed by atoms with Gasteiger partial charge in [0.2, 0.25) is 0 Å². The van der Waals surface area contributed by atoms with Crippen LogP contribution in [0.1, 0.15) is 77.0 Å². The number of hydrogen-bond donors (Lipinski definition) is 0. The lowest BCUT2D eigenvalue weighted by molar-refractivity contribution is -0.163. The Balaban J connectivity index is 1.22. The van der Waals surface area contributed by atoms with Crippen molar-refractivity contribution < 1.29 is 18.3 Å². The molecule has 0 aromatic heterocycles. The third kappa shape index (κ3) is 4.27. The second-order valence-electron chi connectivity index (χ2n) is 9.41. The Kier molecular flexibility index (Phi) is 6.51. The van der Waals surface area contributed by atoms with Crippen molar-refractivity contribution in [3.63, 3.8) is 0 Å². The Hall–Kier alpha value is -0.220. The molecule has 4 heteroatoms. The third-order valence-corrected chi connectivity index (χ3v) is 7.76. The molecule has 2 nitrogen and oxygen atoms in total. The smallest absolute Gasteiger partial charge is 0.160 e. The summed E-state index contributed by atoms with van der Waals surface area (Å²) in [6.45, 7) is 1.19. The van der Waals surface area contributed by atoms with E-state index < -0.39 is 24.6 Å². The minimum Gasteiger partial charge on any atom is -0.375 e. The molecule has 0 radical (unpaired) electrons. The van der Waals surface area contributed by atoms with Crippen molar-refractivity contribution in [2.24, 2.45) is 23.7 Å². The fourth-order valence-electron chi connectivity index (χ4n) is 6.14. The molecule has 0 aromatic rings. The molecule has 26 heavy (non-hydrogen) atoms. The highest BCUT2D eigenvalue weighted by molar-refractivity contribution is 4.96. The van der Waals surface area contributed by atoms with E-state index in [2.05, 4.69) is 0 Å². The van der Waals surface area contributed by atoms with E-state index in [0.717, 1.165) is 24.7 Å². The van der Waals surface area contributed by atoms with Gasteiger partial charge in [-0.05, 0) is 68.6 Å². The Bertz CT molecular complexity index is 430. The van der Waals surface area contributed by atoms with Crippen LogP contribution in [0.25, 0.3) is 0 Å². The summed E-state index contributed by atoms with van der Waals surface area (Å²) in [6.07, 6.45) is 10.6. The van der Waals surface area contributed by atoms with E-state index in [4.69, 9.17) is 9.47 Å². The minimum absolute atomic E-state index is 0.137. The molecule has 1 heterocycles. The molecule has 4 rings (SSSR count). The fraction of sp³-hybridized carbons (Fsp3) is 1.00. The molecule has 150 valence electrons. The number of rotatable bonds is 4. The summed E-state index contributed by atoms with van der Waals surface area (Å²) in [6, 6.07) is 0. The van der Waals surface area contributed by atoms with E-state index >= 15 is 0 Å². The number of fused-ring (bicyclic) bond motifs is 1. The van der Waals surface area contributed by atoms with E-state index in [1.165, 1.54) is 57.8 Å². The van der Waals surface area contributed by atoms with Gasteiger partial charge < -0.3 is 9.47 Å². The monoisotopic (exact) mass is 370 g/mol. The van der Waals surface area contributed by atoms with Crippen LogP contribution < -0.4 is 0 Å². The summed E-state index contributed by atoms with van der Waals surface area (Å²) in [7, 11) is 0. The summed E-state index contributed by atoms with van der Waals surface area (Å²) >= 11 is 0. The summed E-state index contributed by atoms with van der Waals surface area (Å²) < 4.78 is 40.4. The van der Waals surface area contributed by atoms with Crippen LogP contribution in [0.3, 0.4) is 0 Å². The molecular formula is C22H36F2O2. The van der Waals surface area contributed by atoms with Gasteiger partial charge in [-0.1, -0.05) is 32.1 Å². The Labute approximate surface area is 157 Å². The van der Waals surface area contributed by atoms with E-state index in [1.807, 2.05) is 0 Å². The zero-order valence-corrected chi connectivity index (χ0v) is 16.1. The van der Waals surface area contributed by atoms with Gasteiger partial charge in [-0.25, -0.2) is 8.78 Å². The van der Waals surface area contributed by atoms with Crippen LogP contribution in [-0.4, -0.2) is 37.8 Å². The van der Waals surface area contributed by atoms with Crippen LogP contribution in [0.2, 0.25) is 0 Å².